The van der Waals surface area contributed by atoms with Crippen molar-refractivity contribution in [2.75, 3.05) is 23.3 Å². The second-order valence-corrected chi connectivity index (χ2v) is 6.96. The van der Waals surface area contributed by atoms with Gasteiger partial charge in [-0.05, 0) is 38.8 Å². The highest BCUT2D eigenvalue weighted by atomic mass is 32.1. The number of pyridine rings is 1. The molecule has 122 valence electrons. The number of amides is 2. The SMILES string of the molecule is Cc1cnc(C(C)NC(=O)Nc2cccnc2N2CCCC2)s1. The fourth-order valence-corrected chi connectivity index (χ4v) is 3.44. The third kappa shape index (κ3) is 3.79. The summed E-state index contributed by atoms with van der Waals surface area (Å²) in [5.41, 5.74) is 0.745. The number of thiazole rings is 1. The molecule has 0 aliphatic carbocycles. The summed E-state index contributed by atoms with van der Waals surface area (Å²) in [5.74, 6) is 0.845. The first-order chi connectivity index (χ1) is 11.1. The van der Waals surface area contributed by atoms with E-state index in [1.54, 1.807) is 17.5 Å². The first-order valence-corrected chi connectivity index (χ1v) is 8.65. The molecular weight excluding hydrogens is 310 g/mol. The van der Waals surface area contributed by atoms with E-state index in [-0.39, 0.29) is 12.1 Å². The standard InChI is InChI=1S/C16H21N5OS/c1-11-10-18-15(23-11)12(2)19-16(22)20-13-6-5-7-17-14(13)21-8-3-4-9-21/h5-7,10,12H,3-4,8-9H2,1-2H3,(H2,19,20,22). The van der Waals surface area contributed by atoms with Gasteiger partial charge < -0.3 is 15.5 Å². The number of carbonyl (C=O) groups excluding carboxylic acids is 1. The number of nitrogens with one attached hydrogen (secondary N) is 2. The molecule has 3 heterocycles. The molecule has 3 rings (SSSR count). The maximum absolute atomic E-state index is 12.3. The van der Waals surface area contributed by atoms with E-state index < -0.39 is 0 Å². The second-order valence-electron chi connectivity index (χ2n) is 5.70. The van der Waals surface area contributed by atoms with Crippen LogP contribution in [0.1, 0.15) is 35.7 Å². The lowest BCUT2D eigenvalue weighted by Gasteiger charge is -2.20. The van der Waals surface area contributed by atoms with Crippen LogP contribution in [0.25, 0.3) is 0 Å². The van der Waals surface area contributed by atoms with E-state index in [2.05, 4.69) is 25.5 Å². The Morgan fingerprint density at radius 2 is 2.13 bits per heavy atom. The highest BCUT2D eigenvalue weighted by molar-refractivity contribution is 7.11. The van der Waals surface area contributed by atoms with Gasteiger partial charge in [-0.2, -0.15) is 0 Å². The lowest BCUT2D eigenvalue weighted by Crippen LogP contribution is -2.32. The van der Waals surface area contributed by atoms with Gasteiger partial charge >= 0.3 is 6.03 Å². The van der Waals surface area contributed by atoms with Crippen molar-refractivity contribution >= 4 is 28.9 Å². The van der Waals surface area contributed by atoms with Crippen LogP contribution in [0.15, 0.2) is 24.5 Å². The van der Waals surface area contributed by atoms with Crippen LogP contribution in [0.4, 0.5) is 16.3 Å². The second kappa shape index (κ2) is 6.95. The zero-order valence-corrected chi connectivity index (χ0v) is 14.2. The van der Waals surface area contributed by atoms with Crippen LogP contribution in [-0.2, 0) is 0 Å². The molecule has 0 radical (unpaired) electrons. The van der Waals surface area contributed by atoms with E-state index >= 15 is 0 Å². The molecule has 2 aromatic rings. The lowest BCUT2D eigenvalue weighted by molar-refractivity contribution is 0.249. The summed E-state index contributed by atoms with van der Waals surface area (Å²) in [4.78, 5) is 24.4. The monoisotopic (exact) mass is 331 g/mol. The van der Waals surface area contributed by atoms with E-state index in [1.165, 1.54) is 12.8 Å². The third-order valence-corrected chi connectivity index (χ3v) is 4.89. The van der Waals surface area contributed by atoms with Crippen LogP contribution in [0.5, 0.6) is 0 Å². The Labute approximate surface area is 140 Å². The van der Waals surface area contributed by atoms with Gasteiger partial charge in [-0.3, -0.25) is 0 Å². The molecule has 7 heteroatoms. The van der Waals surface area contributed by atoms with Crippen molar-refractivity contribution in [1.82, 2.24) is 15.3 Å². The molecule has 1 atom stereocenters. The predicted molar refractivity (Wildman–Crippen MR) is 93.1 cm³/mol. The van der Waals surface area contributed by atoms with Crippen molar-refractivity contribution in [3.05, 3.63) is 34.4 Å². The van der Waals surface area contributed by atoms with Gasteiger partial charge in [-0.1, -0.05) is 0 Å². The minimum atomic E-state index is -0.237. The molecule has 0 saturated carbocycles. The fourth-order valence-electron chi connectivity index (χ4n) is 2.66. The molecule has 6 nitrogen and oxygen atoms in total. The zero-order chi connectivity index (χ0) is 16.2. The molecule has 2 aromatic heterocycles. The topological polar surface area (TPSA) is 70.1 Å². The Hall–Kier alpha value is -2.15. The van der Waals surface area contributed by atoms with Gasteiger partial charge in [0.2, 0.25) is 0 Å². The van der Waals surface area contributed by atoms with Crippen molar-refractivity contribution in [3.8, 4) is 0 Å². The van der Waals surface area contributed by atoms with Crippen molar-refractivity contribution in [3.63, 3.8) is 0 Å². The largest absolute Gasteiger partial charge is 0.355 e. The Balaban J connectivity index is 1.66. The summed E-state index contributed by atoms with van der Waals surface area (Å²) in [7, 11) is 0. The van der Waals surface area contributed by atoms with Crippen LogP contribution < -0.4 is 15.5 Å². The zero-order valence-electron chi connectivity index (χ0n) is 13.4. The Bertz CT molecular complexity index is 681. The number of nitrogens with zero attached hydrogens (tertiary/aromatic N) is 3. The molecule has 1 fully saturated rings. The molecule has 1 saturated heterocycles. The van der Waals surface area contributed by atoms with Gasteiger partial charge in [0.15, 0.2) is 5.82 Å². The van der Waals surface area contributed by atoms with E-state index in [0.717, 1.165) is 34.5 Å². The van der Waals surface area contributed by atoms with Gasteiger partial charge in [0.1, 0.15) is 5.01 Å². The lowest BCUT2D eigenvalue weighted by atomic mass is 10.3. The van der Waals surface area contributed by atoms with Crippen LogP contribution in [0.3, 0.4) is 0 Å². The number of hydrogen-bond acceptors (Lipinski definition) is 5. The molecular formula is C16H21N5OS. The summed E-state index contributed by atoms with van der Waals surface area (Å²) in [6.45, 7) is 5.92. The Morgan fingerprint density at radius 1 is 1.35 bits per heavy atom. The summed E-state index contributed by atoms with van der Waals surface area (Å²) >= 11 is 1.59. The minimum Gasteiger partial charge on any atom is -0.355 e. The first-order valence-electron chi connectivity index (χ1n) is 7.83. The Morgan fingerprint density at radius 3 is 2.83 bits per heavy atom. The highest BCUT2D eigenvalue weighted by Gasteiger charge is 2.19. The molecule has 1 unspecified atom stereocenters. The smallest absolute Gasteiger partial charge is 0.319 e. The average molecular weight is 331 g/mol. The number of aromatic nitrogens is 2. The van der Waals surface area contributed by atoms with E-state index in [9.17, 15) is 4.79 Å². The average Bonchev–Trinajstić information content (AvgIpc) is 3.19. The highest BCUT2D eigenvalue weighted by Crippen LogP contribution is 2.26. The number of carbonyl (C=O) groups is 1. The van der Waals surface area contributed by atoms with Gasteiger partial charge in [-0.15, -0.1) is 11.3 Å². The summed E-state index contributed by atoms with van der Waals surface area (Å²) in [5, 5.41) is 6.75. The predicted octanol–water partition coefficient (Wildman–Crippen LogP) is 3.33. The molecule has 0 spiro atoms. The van der Waals surface area contributed by atoms with Crippen LogP contribution in [-0.4, -0.2) is 29.1 Å². The molecule has 1 aliphatic heterocycles. The van der Waals surface area contributed by atoms with Crippen LogP contribution in [0.2, 0.25) is 0 Å². The van der Waals surface area contributed by atoms with Gasteiger partial charge in [0.25, 0.3) is 0 Å². The van der Waals surface area contributed by atoms with Gasteiger partial charge in [0, 0.05) is 30.4 Å². The van der Waals surface area contributed by atoms with E-state index in [0.29, 0.717) is 0 Å². The van der Waals surface area contributed by atoms with Gasteiger partial charge in [0.05, 0.1) is 11.7 Å². The van der Waals surface area contributed by atoms with E-state index in [4.69, 9.17) is 0 Å². The normalized spacial score (nSPS) is 15.5. The van der Waals surface area contributed by atoms with Crippen LogP contribution in [0, 0.1) is 6.92 Å². The third-order valence-electron chi connectivity index (χ3n) is 3.80. The molecule has 1 aliphatic rings. The number of aryl methyl sites for hydroxylation is 1. The minimum absolute atomic E-state index is 0.124. The number of hydrogen-bond donors (Lipinski definition) is 2. The van der Waals surface area contributed by atoms with E-state index in [1.807, 2.05) is 32.2 Å². The van der Waals surface area contributed by atoms with Crippen molar-refractivity contribution in [2.24, 2.45) is 0 Å². The van der Waals surface area contributed by atoms with Crippen molar-refractivity contribution in [2.45, 2.75) is 32.7 Å². The first kappa shape index (κ1) is 15.7. The molecule has 0 bridgehead atoms. The maximum atomic E-state index is 12.3. The summed E-state index contributed by atoms with van der Waals surface area (Å²) < 4.78 is 0. The number of anilines is 2. The summed E-state index contributed by atoms with van der Waals surface area (Å²) in [6.07, 6.45) is 5.92. The number of rotatable bonds is 4. The van der Waals surface area contributed by atoms with Crippen molar-refractivity contribution < 1.29 is 4.79 Å². The quantitative estimate of drug-likeness (QED) is 0.901. The summed E-state index contributed by atoms with van der Waals surface area (Å²) in [6, 6.07) is 3.36. The molecule has 23 heavy (non-hydrogen) atoms. The maximum Gasteiger partial charge on any atom is 0.319 e. The fraction of sp³-hybridized carbons (Fsp3) is 0.438. The molecule has 0 aromatic carbocycles. The van der Waals surface area contributed by atoms with Crippen molar-refractivity contribution in [1.29, 1.82) is 0 Å². The number of urea groups is 1. The Kier molecular flexibility index (Phi) is 4.76. The molecule has 2 N–H and O–H groups in total. The molecule has 2 amide bonds. The van der Waals surface area contributed by atoms with Crippen LogP contribution >= 0.6 is 11.3 Å². The van der Waals surface area contributed by atoms with Gasteiger partial charge in [-0.25, -0.2) is 14.8 Å².